The summed E-state index contributed by atoms with van der Waals surface area (Å²) >= 11 is 0. The van der Waals surface area contributed by atoms with E-state index in [4.69, 9.17) is 18.2 Å². The van der Waals surface area contributed by atoms with Crippen LogP contribution in [0.4, 0.5) is 0 Å². The molecule has 0 fully saturated rings. The van der Waals surface area contributed by atoms with E-state index in [1.54, 1.807) is 0 Å². The smallest absolute Gasteiger partial charge is 0.271 e. The van der Waals surface area contributed by atoms with E-state index >= 15 is 0 Å². The Balaban J connectivity index is 0.000000516. The van der Waals surface area contributed by atoms with E-state index in [-0.39, 0.29) is 36.7 Å². The first-order chi connectivity index (χ1) is 18.4. The molecule has 4 aromatic carbocycles. The summed E-state index contributed by atoms with van der Waals surface area (Å²) < 4.78 is 117. The van der Waals surface area contributed by atoms with E-state index in [1.165, 1.54) is 97.1 Å². The first-order valence-electron chi connectivity index (χ1n) is 10.2. The minimum atomic E-state index is -4.02. The van der Waals surface area contributed by atoms with Gasteiger partial charge >= 0.3 is 0 Å². The minimum absolute atomic E-state index is 0. The predicted octanol–water partition coefficient (Wildman–Crippen LogP) is 2.93. The molecule has 1 radical (unpaired) electrons. The molecular weight excluding hydrogens is 672 g/mol. The molecule has 227 valence electrons. The fourth-order valence-electron chi connectivity index (χ4n) is 2.17. The van der Waals surface area contributed by atoms with Crippen molar-refractivity contribution in [3.05, 3.63) is 121 Å². The Morgan fingerprint density at radius 3 is 0.537 bits per heavy atom. The van der Waals surface area contributed by atoms with Gasteiger partial charge < -0.3 is 0 Å². The van der Waals surface area contributed by atoms with Gasteiger partial charge in [0.15, 0.2) is 0 Å². The molecule has 0 unspecified atom stereocenters. The van der Waals surface area contributed by atoms with E-state index in [1.807, 2.05) is 0 Å². The molecule has 0 saturated carbocycles. The zero-order chi connectivity index (χ0) is 30.5. The number of rotatable bonds is 4. The molecule has 4 rings (SSSR count). The first-order valence-corrected chi connectivity index (χ1v) is 15.9. The summed E-state index contributed by atoms with van der Waals surface area (Å²) in [6, 6.07) is 32.1. The SMILES string of the molecule is O=S(=O)(O)c1cc[c-]cc1.O=S(=O)(O)c1cc[c-]cc1.O=S(=O)(O)c1cc[c-]cc1.O=S(=O)(O)c1cc[c-]cc1.[Cu]. The van der Waals surface area contributed by atoms with Gasteiger partial charge in [0.25, 0.3) is 40.5 Å². The van der Waals surface area contributed by atoms with Crippen LogP contribution >= 0.6 is 0 Å². The topological polar surface area (TPSA) is 217 Å². The van der Waals surface area contributed by atoms with Crippen LogP contribution in [0.2, 0.25) is 0 Å². The number of hydrogen-bond donors (Lipinski definition) is 4. The normalized spacial score (nSPS) is 11.0. The maximum absolute atomic E-state index is 10.4. The Morgan fingerprint density at radius 2 is 0.463 bits per heavy atom. The van der Waals surface area contributed by atoms with Gasteiger partial charge in [-0.1, -0.05) is 0 Å². The van der Waals surface area contributed by atoms with Crippen LogP contribution in [0.25, 0.3) is 0 Å². The molecule has 0 aliphatic rings. The largest absolute Gasteiger partial charge is 0.283 e. The van der Waals surface area contributed by atoms with Crippen LogP contribution in [0, 0.1) is 24.3 Å². The average Bonchev–Trinajstić information content (AvgIpc) is 2.90. The average molecular weight is 692 g/mol. The first kappa shape index (κ1) is 38.0. The molecule has 17 heteroatoms. The molecule has 0 heterocycles. The van der Waals surface area contributed by atoms with Crippen molar-refractivity contribution in [3.63, 3.8) is 0 Å². The summed E-state index contributed by atoms with van der Waals surface area (Å²) in [6.45, 7) is 0. The van der Waals surface area contributed by atoms with Crippen molar-refractivity contribution in [2.45, 2.75) is 19.6 Å². The molecule has 0 aromatic heterocycles. The molecule has 0 aliphatic carbocycles. The van der Waals surface area contributed by atoms with Gasteiger partial charge in [-0.05, 0) is 19.6 Å². The molecule has 41 heavy (non-hydrogen) atoms. The van der Waals surface area contributed by atoms with Crippen molar-refractivity contribution < 1.29 is 69.0 Å². The van der Waals surface area contributed by atoms with Gasteiger partial charge in [-0.3, -0.25) is 18.2 Å². The molecule has 4 N–H and O–H groups in total. The molecular formula is C24H20CuO12S4-4. The van der Waals surface area contributed by atoms with E-state index in [0.29, 0.717) is 0 Å². The third-order valence-corrected chi connectivity index (χ3v) is 7.41. The van der Waals surface area contributed by atoms with Gasteiger partial charge in [0, 0.05) is 17.1 Å². The minimum Gasteiger partial charge on any atom is -0.283 e. The van der Waals surface area contributed by atoms with Crippen molar-refractivity contribution in [1.29, 1.82) is 0 Å². The predicted molar refractivity (Wildman–Crippen MR) is 140 cm³/mol. The summed E-state index contributed by atoms with van der Waals surface area (Å²) in [7, 11) is -16.1. The van der Waals surface area contributed by atoms with Crippen LogP contribution < -0.4 is 0 Å². The van der Waals surface area contributed by atoms with Gasteiger partial charge in [0.1, 0.15) is 0 Å². The zero-order valence-corrected chi connectivity index (χ0v) is 24.4. The van der Waals surface area contributed by atoms with E-state index in [0.717, 1.165) is 0 Å². The zero-order valence-electron chi connectivity index (χ0n) is 20.2. The second-order valence-corrected chi connectivity index (χ2v) is 12.5. The maximum atomic E-state index is 10.4. The van der Waals surface area contributed by atoms with Gasteiger partial charge in [-0.25, -0.2) is 0 Å². The van der Waals surface area contributed by atoms with Crippen LogP contribution in [-0.4, -0.2) is 51.9 Å². The summed E-state index contributed by atoms with van der Waals surface area (Å²) in [4.78, 5) is -0.421. The van der Waals surface area contributed by atoms with Crippen molar-refractivity contribution >= 4 is 40.5 Å². The van der Waals surface area contributed by atoms with Crippen molar-refractivity contribution in [2.75, 3.05) is 0 Å². The van der Waals surface area contributed by atoms with Crippen LogP contribution in [0.15, 0.2) is 117 Å². The van der Waals surface area contributed by atoms with Crippen LogP contribution in [0.1, 0.15) is 0 Å². The van der Waals surface area contributed by atoms with Crippen LogP contribution in [0.5, 0.6) is 0 Å². The molecule has 0 amide bonds. The van der Waals surface area contributed by atoms with Crippen molar-refractivity contribution in [3.8, 4) is 0 Å². The quantitative estimate of drug-likeness (QED) is 0.138. The van der Waals surface area contributed by atoms with E-state index < -0.39 is 40.5 Å². The Bertz CT molecular complexity index is 1480. The van der Waals surface area contributed by atoms with Crippen LogP contribution in [0.3, 0.4) is 0 Å². The summed E-state index contributed by atoms with van der Waals surface area (Å²) in [5.74, 6) is 0. The van der Waals surface area contributed by atoms with Gasteiger partial charge in [0.2, 0.25) is 0 Å². The number of benzene rings is 4. The summed E-state index contributed by atoms with van der Waals surface area (Å²) in [6.07, 6.45) is 0. The van der Waals surface area contributed by atoms with Gasteiger partial charge in [-0.15, -0.1) is 48.5 Å². The Kier molecular flexibility index (Phi) is 15.9. The van der Waals surface area contributed by atoms with E-state index in [2.05, 4.69) is 24.3 Å². The summed E-state index contributed by atoms with van der Waals surface area (Å²) in [5, 5.41) is 0. The Labute approximate surface area is 249 Å². The summed E-state index contributed by atoms with van der Waals surface area (Å²) in [5.41, 5.74) is 0. The molecule has 0 aliphatic heterocycles. The fourth-order valence-corrected chi connectivity index (χ4v) is 4.09. The Morgan fingerprint density at radius 1 is 0.341 bits per heavy atom. The second-order valence-electron chi connectivity index (χ2n) is 6.84. The Hall–Kier alpha value is -2.96. The van der Waals surface area contributed by atoms with Crippen molar-refractivity contribution in [1.82, 2.24) is 0 Å². The van der Waals surface area contributed by atoms with E-state index in [9.17, 15) is 33.7 Å². The van der Waals surface area contributed by atoms with Crippen LogP contribution in [-0.2, 0) is 57.5 Å². The van der Waals surface area contributed by atoms with Crippen molar-refractivity contribution in [2.24, 2.45) is 0 Å². The fraction of sp³-hybridized carbons (Fsp3) is 0. The molecule has 4 aromatic rings. The molecule has 0 spiro atoms. The molecule has 0 saturated heterocycles. The molecule has 0 bridgehead atoms. The van der Waals surface area contributed by atoms with Gasteiger partial charge in [-0.2, -0.15) is 106 Å². The molecule has 12 nitrogen and oxygen atoms in total. The standard InChI is InChI=1S/4C6H5O3S.Cu/c4*7-10(8,9)6-4-2-1-3-5-6;/h4*2-5H,(H,7,8,9);/q4*-1;. The monoisotopic (exact) mass is 691 g/mol. The molecule has 0 atom stereocenters. The third-order valence-electron chi connectivity index (χ3n) is 3.94. The second kappa shape index (κ2) is 17.1. The third kappa shape index (κ3) is 16.2. The van der Waals surface area contributed by atoms with Gasteiger partial charge in [0.05, 0.1) is 0 Å². The number of hydrogen-bond acceptors (Lipinski definition) is 8. The maximum Gasteiger partial charge on any atom is 0.271 e.